The lowest BCUT2D eigenvalue weighted by atomic mass is 10.1. The summed E-state index contributed by atoms with van der Waals surface area (Å²) < 4.78 is 12.9. The molecule has 3 nitrogen and oxygen atoms in total. The summed E-state index contributed by atoms with van der Waals surface area (Å²) in [6.45, 7) is 0. The fourth-order valence-electron chi connectivity index (χ4n) is 1.61. The lowest BCUT2D eigenvalue weighted by Crippen LogP contribution is -2.27. The third-order valence-corrected chi connectivity index (χ3v) is 2.94. The molecule has 3 N–H and O–H groups in total. The molecule has 19 heavy (non-hydrogen) atoms. The van der Waals surface area contributed by atoms with E-state index >= 15 is 0 Å². The SMILES string of the molecule is N[C@@H](C(=O)Nc1ccc(F)cc1Cl)c1ccccc1. The Labute approximate surface area is 115 Å². The predicted octanol–water partition coefficient (Wildman–Crippen LogP) is 3.12. The van der Waals surface area contributed by atoms with Crippen molar-refractivity contribution in [2.75, 3.05) is 5.32 Å². The molecule has 5 heteroatoms. The Balaban J connectivity index is 2.13. The largest absolute Gasteiger partial charge is 0.323 e. The smallest absolute Gasteiger partial charge is 0.245 e. The zero-order valence-corrected chi connectivity index (χ0v) is 10.7. The van der Waals surface area contributed by atoms with Gasteiger partial charge in [-0.2, -0.15) is 0 Å². The van der Waals surface area contributed by atoms with E-state index in [1.165, 1.54) is 12.1 Å². The Kier molecular flexibility index (Phi) is 4.14. The van der Waals surface area contributed by atoms with Crippen LogP contribution in [0, 0.1) is 5.82 Å². The van der Waals surface area contributed by atoms with Gasteiger partial charge in [-0.25, -0.2) is 4.39 Å². The molecule has 0 aliphatic carbocycles. The van der Waals surface area contributed by atoms with E-state index in [1.54, 1.807) is 24.3 Å². The lowest BCUT2D eigenvalue weighted by molar-refractivity contribution is -0.117. The molecule has 0 aliphatic rings. The molecule has 2 aromatic carbocycles. The van der Waals surface area contributed by atoms with Crippen LogP contribution in [-0.4, -0.2) is 5.91 Å². The minimum Gasteiger partial charge on any atom is -0.323 e. The van der Waals surface area contributed by atoms with Gasteiger partial charge in [-0.15, -0.1) is 0 Å². The van der Waals surface area contributed by atoms with E-state index in [0.717, 1.165) is 6.07 Å². The average Bonchev–Trinajstić information content (AvgIpc) is 2.42. The standard InChI is InChI=1S/C14H12ClFN2O/c15-11-8-10(16)6-7-12(11)18-14(19)13(17)9-4-2-1-3-5-9/h1-8,13H,17H2,(H,18,19)/t13-/m1/s1. The highest BCUT2D eigenvalue weighted by molar-refractivity contribution is 6.33. The topological polar surface area (TPSA) is 55.1 Å². The Morgan fingerprint density at radius 3 is 2.53 bits per heavy atom. The van der Waals surface area contributed by atoms with Gasteiger partial charge in [-0.05, 0) is 23.8 Å². The summed E-state index contributed by atoms with van der Waals surface area (Å²) in [5.74, 6) is -0.866. The molecular weight excluding hydrogens is 267 g/mol. The van der Waals surface area contributed by atoms with Gasteiger partial charge in [0.05, 0.1) is 10.7 Å². The molecule has 0 saturated carbocycles. The van der Waals surface area contributed by atoms with Gasteiger partial charge in [0.2, 0.25) is 5.91 Å². The van der Waals surface area contributed by atoms with Crippen molar-refractivity contribution in [3.8, 4) is 0 Å². The zero-order valence-electron chi connectivity index (χ0n) is 9.94. The van der Waals surface area contributed by atoms with Crippen LogP contribution in [0.4, 0.5) is 10.1 Å². The molecule has 2 aromatic rings. The van der Waals surface area contributed by atoms with Crippen molar-refractivity contribution in [1.29, 1.82) is 0 Å². The van der Waals surface area contributed by atoms with Crippen LogP contribution in [0.15, 0.2) is 48.5 Å². The molecule has 0 radical (unpaired) electrons. The van der Waals surface area contributed by atoms with Crippen LogP contribution in [0.1, 0.15) is 11.6 Å². The number of halogens is 2. The van der Waals surface area contributed by atoms with Crippen molar-refractivity contribution in [2.45, 2.75) is 6.04 Å². The van der Waals surface area contributed by atoms with E-state index in [1.807, 2.05) is 6.07 Å². The third kappa shape index (κ3) is 3.30. The van der Waals surface area contributed by atoms with Crippen molar-refractivity contribution in [1.82, 2.24) is 0 Å². The maximum Gasteiger partial charge on any atom is 0.245 e. The first-order valence-electron chi connectivity index (χ1n) is 5.64. The summed E-state index contributed by atoms with van der Waals surface area (Å²) in [5.41, 5.74) is 6.86. The molecule has 1 atom stereocenters. The summed E-state index contributed by atoms with van der Waals surface area (Å²) in [6.07, 6.45) is 0. The van der Waals surface area contributed by atoms with Crippen molar-refractivity contribution >= 4 is 23.2 Å². The lowest BCUT2D eigenvalue weighted by Gasteiger charge is -2.13. The number of amides is 1. The van der Waals surface area contributed by atoms with E-state index in [4.69, 9.17) is 17.3 Å². The first-order valence-corrected chi connectivity index (χ1v) is 6.02. The number of carbonyl (C=O) groups excluding carboxylic acids is 1. The van der Waals surface area contributed by atoms with Crippen LogP contribution in [-0.2, 0) is 4.79 Å². The Bertz CT molecular complexity index is 589. The van der Waals surface area contributed by atoms with Crippen LogP contribution >= 0.6 is 11.6 Å². The van der Waals surface area contributed by atoms with Crippen LogP contribution in [0.3, 0.4) is 0 Å². The number of benzene rings is 2. The second kappa shape index (κ2) is 5.82. The zero-order chi connectivity index (χ0) is 13.8. The van der Waals surface area contributed by atoms with Crippen LogP contribution in [0.5, 0.6) is 0 Å². The quantitative estimate of drug-likeness (QED) is 0.906. The molecule has 98 valence electrons. The van der Waals surface area contributed by atoms with E-state index in [-0.39, 0.29) is 5.02 Å². The molecule has 0 bridgehead atoms. The van der Waals surface area contributed by atoms with Gasteiger partial charge >= 0.3 is 0 Å². The van der Waals surface area contributed by atoms with Crippen molar-refractivity contribution < 1.29 is 9.18 Å². The molecule has 0 aromatic heterocycles. The number of hydrogen-bond donors (Lipinski definition) is 2. The monoisotopic (exact) mass is 278 g/mol. The van der Waals surface area contributed by atoms with Crippen molar-refractivity contribution in [3.63, 3.8) is 0 Å². The Morgan fingerprint density at radius 2 is 1.89 bits per heavy atom. The van der Waals surface area contributed by atoms with Gasteiger partial charge in [0, 0.05) is 0 Å². The van der Waals surface area contributed by atoms with Gasteiger partial charge in [0.15, 0.2) is 0 Å². The summed E-state index contributed by atoms with van der Waals surface area (Å²) in [5, 5.41) is 2.71. The summed E-state index contributed by atoms with van der Waals surface area (Å²) >= 11 is 5.83. The fraction of sp³-hybridized carbons (Fsp3) is 0.0714. The first-order chi connectivity index (χ1) is 9.08. The first kappa shape index (κ1) is 13.5. The molecule has 0 heterocycles. The highest BCUT2D eigenvalue weighted by atomic mass is 35.5. The van der Waals surface area contributed by atoms with Crippen LogP contribution < -0.4 is 11.1 Å². The molecule has 0 aliphatic heterocycles. The summed E-state index contributed by atoms with van der Waals surface area (Å²) in [6, 6.07) is 11.9. The second-order valence-corrected chi connectivity index (χ2v) is 4.41. The van der Waals surface area contributed by atoms with Crippen molar-refractivity contribution in [2.24, 2.45) is 5.73 Å². The highest BCUT2D eigenvalue weighted by Gasteiger charge is 2.16. The Morgan fingerprint density at radius 1 is 1.21 bits per heavy atom. The summed E-state index contributed by atoms with van der Waals surface area (Å²) in [7, 11) is 0. The minimum absolute atomic E-state index is 0.133. The number of hydrogen-bond acceptors (Lipinski definition) is 2. The van der Waals surface area contributed by atoms with E-state index in [9.17, 15) is 9.18 Å². The Hall–Kier alpha value is -1.91. The highest BCUT2D eigenvalue weighted by Crippen LogP contribution is 2.23. The van der Waals surface area contributed by atoms with Crippen LogP contribution in [0.2, 0.25) is 5.02 Å². The van der Waals surface area contributed by atoms with Gasteiger partial charge in [0.25, 0.3) is 0 Å². The van der Waals surface area contributed by atoms with E-state index in [2.05, 4.69) is 5.32 Å². The molecule has 0 spiro atoms. The van der Waals surface area contributed by atoms with Gasteiger partial charge < -0.3 is 11.1 Å². The number of rotatable bonds is 3. The van der Waals surface area contributed by atoms with Crippen molar-refractivity contribution in [3.05, 3.63) is 64.9 Å². The molecule has 1 amide bonds. The molecule has 0 saturated heterocycles. The normalized spacial score (nSPS) is 11.9. The number of carbonyl (C=O) groups is 1. The predicted molar refractivity (Wildman–Crippen MR) is 73.4 cm³/mol. The van der Waals surface area contributed by atoms with E-state index < -0.39 is 17.8 Å². The van der Waals surface area contributed by atoms with Gasteiger partial charge in [-0.3, -0.25) is 4.79 Å². The van der Waals surface area contributed by atoms with Gasteiger partial charge in [-0.1, -0.05) is 41.9 Å². The maximum absolute atomic E-state index is 12.9. The molecule has 2 rings (SSSR count). The molecule has 0 fully saturated rings. The second-order valence-electron chi connectivity index (χ2n) is 4.00. The van der Waals surface area contributed by atoms with Crippen LogP contribution in [0.25, 0.3) is 0 Å². The van der Waals surface area contributed by atoms with Gasteiger partial charge in [0.1, 0.15) is 11.9 Å². The number of anilines is 1. The summed E-state index contributed by atoms with van der Waals surface area (Å²) in [4.78, 5) is 12.0. The minimum atomic E-state index is -0.803. The number of nitrogens with two attached hydrogens (primary N) is 1. The molecular formula is C14H12ClFN2O. The average molecular weight is 279 g/mol. The van der Waals surface area contributed by atoms with E-state index in [0.29, 0.717) is 11.3 Å². The third-order valence-electron chi connectivity index (χ3n) is 2.63. The fourth-order valence-corrected chi connectivity index (χ4v) is 1.83. The number of nitrogens with one attached hydrogen (secondary N) is 1. The molecule has 0 unspecified atom stereocenters. The maximum atomic E-state index is 12.9.